The van der Waals surface area contributed by atoms with Crippen LogP contribution in [-0.2, 0) is 10.1 Å². The number of hydrogen-bond acceptors (Lipinski definition) is 3. The molecule has 2 aromatic rings. The summed E-state index contributed by atoms with van der Waals surface area (Å²) in [4.78, 5) is 0. The molecule has 2 rings (SSSR count). The van der Waals surface area contributed by atoms with Gasteiger partial charge in [0.2, 0.25) is 0 Å². The average molecular weight is 421 g/mol. The zero-order valence-electron chi connectivity index (χ0n) is 17.8. The Morgan fingerprint density at radius 2 is 1.17 bits per heavy atom. The fourth-order valence-electron chi connectivity index (χ4n) is 2.83. The Morgan fingerprint density at radius 3 is 1.59 bits per heavy atom. The molecule has 4 nitrogen and oxygen atoms in total. The summed E-state index contributed by atoms with van der Waals surface area (Å²) in [6.07, 6.45) is 10.2. The highest BCUT2D eigenvalue weighted by Gasteiger charge is 2.15. The number of benzene rings is 2. The molecule has 0 fully saturated rings. The molecule has 0 radical (unpaired) electrons. The van der Waals surface area contributed by atoms with Crippen LogP contribution in [0.4, 0.5) is 0 Å². The molecule has 1 unspecified atom stereocenters. The van der Waals surface area contributed by atoms with Gasteiger partial charge in [0, 0.05) is 0 Å². The first-order chi connectivity index (χ1) is 13.9. The number of unbranched alkanes of at least 4 members (excludes halogenated alkanes) is 7. The van der Waals surface area contributed by atoms with E-state index in [0.29, 0.717) is 6.42 Å². The summed E-state index contributed by atoms with van der Waals surface area (Å²) in [6, 6.07) is 19.5. The van der Waals surface area contributed by atoms with Crippen molar-refractivity contribution in [3.8, 4) is 11.5 Å². The third kappa shape index (κ3) is 13.1. The van der Waals surface area contributed by atoms with Gasteiger partial charge in [0.05, 0.1) is 5.25 Å². The van der Waals surface area contributed by atoms with Gasteiger partial charge in [0.15, 0.2) is 0 Å². The Balaban J connectivity index is 0.000000294. The molecule has 0 aliphatic carbocycles. The van der Waals surface area contributed by atoms with E-state index in [4.69, 9.17) is 9.29 Å². The average Bonchev–Trinajstić information content (AvgIpc) is 2.71. The van der Waals surface area contributed by atoms with E-state index in [-0.39, 0.29) is 0 Å². The van der Waals surface area contributed by atoms with Crippen LogP contribution in [0.3, 0.4) is 0 Å². The molecule has 0 heterocycles. The van der Waals surface area contributed by atoms with Gasteiger partial charge >= 0.3 is 0 Å². The van der Waals surface area contributed by atoms with Crippen LogP contribution < -0.4 is 4.74 Å². The molecule has 29 heavy (non-hydrogen) atoms. The van der Waals surface area contributed by atoms with Crippen LogP contribution in [0.5, 0.6) is 11.5 Å². The van der Waals surface area contributed by atoms with Crippen molar-refractivity contribution in [2.75, 3.05) is 0 Å². The first-order valence-electron chi connectivity index (χ1n) is 10.7. The summed E-state index contributed by atoms with van der Waals surface area (Å²) in [5.41, 5.74) is 0. The van der Waals surface area contributed by atoms with Gasteiger partial charge in [-0.2, -0.15) is 8.42 Å². The first kappa shape index (κ1) is 25.2. The molecule has 0 saturated heterocycles. The van der Waals surface area contributed by atoms with E-state index in [1.54, 1.807) is 6.92 Å². The quantitative estimate of drug-likeness (QED) is 0.289. The fourth-order valence-corrected chi connectivity index (χ4v) is 3.29. The highest BCUT2D eigenvalue weighted by atomic mass is 32.2. The van der Waals surface area contributed by atoms with E-state index >= 15 is 0 Å². The Morgan fingerprint density at radius 1 is 0.759 bits per heavy atom. The van der Waals surface area contributed by atoms with E-state index in [0.717, 1.165) is 24.3 Å². The summed E-state index contributed by atoms with van der Waals surface area (Å²) >= 11 is 0. The minimum Gasteiger partial charge on any atom is -0.457 e. The van der Waals surface area contributed by atoms with Gasteiger partial charge in [-0.15, -0.1) is 0 Å². The lowest BCUT2D eigenvalue weighted by Crippen LogP contribution is -2.16. The summed E-state index contributed by atoms with van der Waals surface area (Å²) in [5.74, 6) is 1.74. The van der Waals surface area contributed by atoms with Crippen molar-refractivity contribution in [1.82, 2.24) is 0 Å². The smallest absolute Gasteiger partial charge is 0.267 e. The van der Waals surface area contributed by atoms with Crippen LogP contribution in [0.2, 0.25) is 0 Å². The third-order valence-corrected chi connectivity index (χ3v) is 5.95. The van der Waals surface area contributed by atoms with Crippen LogP contribution >= 0.6 is 0 Å². The van der Waals surface area contributed by atoms with E-state index in [2.05, 4.69) is 6.92 Å². The van der Waals surface area contributed by atoms with Crippen molar-refractivity contribution in [2.45, 2.75) is 76.9 Å². The van der Waals surface area contributed by atoms with Gasteiger partial charge in [0.1, 0.15) is 11.5 Å². The van der Waals surface area contributed by atoms with Gasteiger partial charge in [0.25, 0.3) is 10.1 Å². The lowest BCUT2D eigenvalue weighted by molar-refractivity contribution is 0.461. The molecule has 0 spiro atoms. The molecular formula is C24H36O4S. The van der Waals surface area contributed by atoms with Gasteiger partial charge in [-0.25, -0.2) is 0 Å². The standard InChI is InChI=1S/C12H26O3S.C12H10O/c1-3-4-5-6-7-8-9-10-11-12(2)16(13,14)15;1-3-7-11(8-4-1)13-12-9-5-2-6-10-12/h12H,3-11H2,1-2H3,(H,13,14,15);1-10H. The maximum absolute atomic E-state index is 10.7. The molecule has 0 bridgehead atoms. The fraction of sp³-hybridized carbons (Fsp3) is 0.500. The van der Waals surface area contributed by atoms with Gasteiger partial charge < -0.3 is 4.74 Å². The predicted molar refractivity (Wildman–Crippen MR) is 121 cm³/mol. The van der Waals surface area contributed by atoms with Crippen LogP contribution in [0.1, 0.15) is 71.6 Å². The third-order valence-electron chi connectivity index (χ3n) is 4.69. The monoisotopic (exact) mass is 420 g/mol. The normalized spacial score (nSPS) is 12.0. The molecule has 2 aromatic carbocycles. The predicted octanol–water partition coefficient (Wildman–Crippen LogP) is 7.27. The second-order valence-corrected chi connectivity index (χ2v) is 9.15. The van der Waals surface area contributed by atoms with Gasteiger partial charge in [-0.1, -0.05) is 94.7 Å². The van der Waals surface area contributed by atoms with Crippen molar-refractivity contribution in [1.29, 1.82) is 0 Å². The summed E-state index contributed by atoms with van der Waals surface area (Å²) in [7, 11) is -3.81. The Kier molecular flexibility index (Phi) is 13.1. The maximum atomic E-state index is 10.7. The highest BCUT2D eigenvalue weighted by molar-refractivity contribution is 7.86. The maximum Gasteiger partial charge on any atom is 0.267 e. The highest BCUT2D eigenvalue weighted by Crippen LogP contribution is 2.19. The topological polar surface area (TPSA) is 63.6 Å². The molecular weight excluding hydrogens is 384 g/mol. The van der Waals surface area contributed by atoms with E-state index in [9.17, 15) is 8.42 Å². The summed E-state index contributed by atoms with van der Waals surface area (Å²) in [6.45, 7) is 3.77. The van der Waals surface area contributed by atoms with Crippen LogP contribution in [0.25, 0.3) is 0 Å². The Bertz CT molecular complexity index is 692. The zero-order valence-corrected chi connectivity index (χ0v) is 18.6. The lowest BCUT2D eigenvalue weighted by Gasteiger charge is -2.07. The van der Waals surface area contributed by atoms with Crippen molar-refractivity contribution < 1.29 is 17.7 Å². The van der Waals surface area contributed by atoms with E-state index < -0.39 is 15.4 Å². The lowest BCUT2D eigenvalue weighted by atomic mass is 10.1. The molecule has 0 saturated carbocycles. The SMILES string of the molecule is CCCCCCCCCCC(C)S(=O)(=O)O.c1ccc(Oc2ccccc2)cc1. The summed E-state index contributed by atoms with van der Waals surface area (Å²) in [5, 5.41) is -0.604. The van der Waals surface area contributed by atoms with Crippen LogP contribution in [0, 0.1) is 0 Å². The van der Waals surface area contributed by atoms with Crippen LogP contribution in [0.15, 0.2) is 60.7 Å². The van der Waals surface area contributed by atoms with Gasteiger partial charge in [-0.3, -0.25) is 4.55 Å². The van der Waals surface area contributed by atoms with E-state index in [1.165, 1.54) is 38.5 Å². The molecule has 1 atom stereocenters. The largest absolute Gasteiger partial charge is 0.457 e. The molecule has 0 aliphatic rings. The van der Waals surface area contributed by atoms with Gasteiger partial charge in [-0.05, 0) is 37.6 Å². The van der Waals surface area contributed by atoms with E-state index in [1.807, 2.05) is 60.7 Å². The minimum absolute atomic E-state index is 0.577. The van der Waals surface area contributed by atoms with Crippen molar-refractivity contribution in [3.63, 3.8) is 0 Å². The van der Waals surface area contributed by atoms with Crippen molar-refractivity contribution in [2.24, 2.45) is 0 Å². The molecule has 0 aromatic heterocycles. The second-order valence-electron chi connectivity index (χ2n) is 7.32. The first-order valence-corrected chi connectivity index (χ1v) is 12.2. The number of para-hydroxylation sites is 2. The summed E-state index contributed by atoms with van der Waals surface area (Å²) < 4.78 is 35.8. The van der Waals surface area contributed by atoms with Crippen molar-refractivity contribution >= 4 is 10.1 Å². The number of ether oxygens (including phenoxy) is 1. The Labute approximate surface area is 177 Å². The van der Waals surface area contributed by atoms with Crippen LogP contribution in [-0.4, -0.2) is 18.2 Å². The molecule has 0 amide bonds. The zero-order chi connectivity index (χ0) is 21.4. The Hall–Kier alpha value is -1.85. The minimum atomic E-state index is -3.81. The molecule has 5 heteroatoms. The second kappa shape index (κ2) is 15.1. The number of rotatable bonds is 12. The van der Waals surface area contributed by atoms with Crippen molar-refractivity contribution in [3.05, 3.63) is 60.7 Å². The molecule has 1 N–H and O–H groups in total. The molecule has 162 valence electrons. The number of hydrogen-bond donors (Lipinski definition) is 1. The molecule has 0 aliphatic heterocycles.